The molecule has 2 heterocycles. The second-order valence-corrected chi connectivity index (χ2v) is 6.57. The predicted octanol–water partition coefficient (Wildman–Crippen LogP) is 3.81. The summed E-state index contributed by atoms with van der Waals surface area (Å²) < 4.78 is 0. The zero-order valence-electron chi connectivity index (χ0n) is 11.1. The van der Waals surface area contributed by atoms with Gasteiger partial charge in [-0.3, -0.25) is 4.90 Å². The van der Waals surface area contributed by atoms with Crippen molar-refractivity contribution in [3.05, 3.63) is 35.9 Å². The monoisotopic (exact) mass is 241 g/mol. The molecule has 2 aliphatic heterocycles. The smallest absolute Gasteiger partial charge is 0.0238 e. The molecule has 1 unspecified atom stereocenters. The van der Waals surface area contributed by atoms with Gasteiger partial charge in [-0.1, -0.05) is 36.8 Å². The van der Waals surface area contributed by atoms with Crippen LogP contribution in [-0.4, -0.2) is 23.5 Å². The molecule has 0 bridgehead atoms. The van der Waals surface area contributed by atoms with Crippen molar-refractivity contribution in [1.29, 1.82) is 0 Å². The van der Waals surface area contributed by atoms with Crippen LogP contribution in [-0.2, 0) is 0 Å². The fourth-order valence-electron chi connectivity index (χ4n) is 5.03. The molecule has 1 saturated carbocycles. The SMILES string of the molecule is c1ccc([C@H]2CC[C@]34CCCC3CCN4C2)cc1. The number of rotatable bonds is 1. The zero-order chi connectivity index (χ0) is 12.0. The minimum atomic E-state index is 0.644. The van der Waals surface area contributed by atoms with Gasteiger partial charge in [-0.05, 0) is 56.0 Å². The van der Waals surface area contributed by atoms with Crippen LogP contribution in [0.25, 0.3) is 0 Å². The minimum Gasteiger partial charge on any atom is -0.297 e. The molecule has 0 N–H and O–H groups in total. The molecule has 3 fully saturated rings. The highest BCUT2D eigenvalue weighted by atomic mass is 15.2. The summed E-state index contributed by atoms with van der Waals surface area (Å²) in [7, 11) is 0. The third-order valence-corrected chi connectivity index (χ3v) is 5.94. The molecule has 1 nitrogen and oxygen atoms in total. The van der Waals surface area contributed by atoms with Crippen LogP contribution in [0.5, 0.6) is 0 Å². The van der Waals surface area contributed by atoms with Gasteiger partial charge in [0, 0.05) is 12.1 Å². The lowest BCUT2D eigenvalue weighted by molar-refractivity contribution is 0.0625. The second-order valence-electron chi connectivity index (χ2n) is 6.57. The van der Waals surface area contributed by atoms with Crippen LogP contribution in [0.4, 0.5) is 0 Å². The average molecular weight is 241 g/mol. The summed E-state index contributed by atoms with van der Waals surface area (Å²) in [6, 6.07) is 11.2. The van der Waals surface area contributed by atoms with Gasteiger partial charge in [-0.15, -0.1) is 0 Å². The normalized spacial score (nSPS) is 39.6. The summed E-state index contributed by atoms with van der Waals surface area (Å²) >= 11 is 0. The van der Waals surface area contributed by atoms with Gasteiger partial charge in [0.2, 0.25) is 0 Å². The number of hydrogen-bond acceptors (Lipinski definition) is 1. The zero-order valence-corrected chi connectivity index (χ0v) is 11.1. The Morgan fingerprint density at radius 3 is 2.78 bits per heavy atom. The quantitative estimate of drug-likeness (QED) is 0.722. The maximum absolute atomic E-state index is 2.87. The van der Waals surface area contributed by atoms with Gasteiger partial charge in [0.1, 0.15) is 0 Å². The lowest BCUT2D eigenvalue weighted by atomic mass is 9.76. The molecule has 96 valence electrons. The van der Waals surface area contributed by atoms with E-state index in [1.807, 2.05) is 0 Å². The Bertz CT molecular complexity index is 426. The minimum absolute atomic E-state index is 0.644. The Balaban J connectivity index is 1.57. The molecular formula is C17H23N. The molecule has 0 amide bonds. The van der Waals surface area contributed by atoms with E-state index >= 15 is 0 Å². The highest BCUT2D eigenvalue weighted by Crippen LogP contribution is 2.53. The number of nitrogens with zero attached hydrogens (tertiary/aromatic N) is 1. The third-order valence-electron chi connectivity index (χ3n) is 5.94. The highest BCUT2D eigenvalue weighted by molar-refractivity contribution is 5.22. The maximum Gasteiger partial charge on any atom is 0.0238 e. The van der Waals surface area contributed by atoms with Crippen molar-refractivity contribution < 1.29 is 0 Å². The van der Waals surface area contributed by atoms with Gasteiger partial charge >= 0.3 is 0 Å². The first-order valence-corrected chi connectivity index (χ1v) is 7.68. The molecule has 3 aliphatic rings. The second kappa shape index (κ2) is 4.09. The van der Waals surface area contributed by atoms with E-state index in [2.05, 4.69) is 35.2 Å². The largest absolute Gasteiger partial charge is 0.297 e. The van der Waals surface area contributed by atoms with Gasteiger partial charge in [-0.25, -0.2) is 0 Å². The summed E-state index contributed by atoms with van der Waals surface area (Å²) in [6.07, 6.45) is 8.82. The molecule has 3 atom stereocenters. The fraction of sp³-hybridized carbons (Fsp3) is 0.647. The summed E-state index contributed by atoms with van der Waals surface area (Å²) in [5.74, 6) is 1.82. The van der Waals surface area contributed by atoms with Gasteiger partial charge in [0.05, 0.1) is 0 Å². The Morgan fingerprint density at radius 2 is 1.89 bits per heavy atom. The number of benzene rings is 1. The standard InChI is InChI=1S/C17H23N/c1-2-5-14(6-3-1)15-8-11-17-10-4-7-16(17)9-12-18(17)13-15/h1-3,5-6,15-16H,4,7-13H2/t15-,16?,17+/m0/s1. The molecule has 2 saturated heterocycles. The fourth-order valence-corrected chi connectivity index (χ4v) is 5.03. The Morgan fingerprint density at radius 1 is 1.00 bits per heavy atom. The van der Waals surface area contributed by atoms with E-state index in [9.17, 15) is 0 Å². The van der Waals surface area contributed by atoms with Crippen molar-refractivity contribution in [2.45, 2.75) is 50.0 Å². The molecule has 1 aromatic rings. The molecule has 4 rings (SSSR count). The molecule has 0 radical (unpaired) electrons. The van der Waals surface area contributed by atoms with Crippen LogP contribution in [0.3, 0.4) is 0 Å². The van der Waals surface area contributed by atoms with Crippen molar-refractivity contribution >= 4 is 0 Å². The summed E-state index contributed by atoms with van der Waals surface area (Å²) in [5.41, 5.74) is 2.21. The first-order chi connectivity index (χ1) is 8.88. The van der Waals surface area contributed by atoms with Crippen molar-refractivity contribution in [1.82, 2.24) is 4.90 Å². The Hall–Kier alpha value is -0.820. The van der Waals surface area contributed by atoms with E-state index in [1.165, 1.54) is 51.6 Å². The van der Waals surface area contributed by atoms with Gasteiger partial charge in [0.25, 0.3) is 0 Å². The van der Waals surface area contributed by atoms with Gasteiger partial charge in [-0.2, -0.15) is 0 Å². The average Bonchev–Trinajstić information content (AvgIpc) is 2.96. The van der Waals surface area contributed by atoms with E-state index in [1.54, 1.807) is 5.56 Å². The first-order valence-electron chi connectivity index (χ1n) is 7.68. The number of hydrogen-bond donors (Lipinski definition) is 0. The molecule has 1 spiro atoms. The Kier molecular flexibility index (Phi) is 2.51. The third kappa shape index (κ3) is 1.50. The van der Waals surface area contributed by atoms with E-state index in [0.29, 0.717) is 5.54 Å². The lowest BCUT2D eigenvalue weighted by Gasteiger charge is -2.46. The molecule has 1 heteroatoms. The van der Waals surface area contributed by atoms with Crippen molar-refractivity contribution in [2.24, 2.45) is 5.92 Å². The van der Waals surface area contributed by atoms with Crippen LogP contribution in [0.15, 0.2) is 30.3 Å². The maximum atomic E-state index is 2.87. The molecular weight excluding hydrogens is 218 g/mol. The van der Waals surface area contributed by atoms with Crippen molar-refractivity contribution in [3.63, 3.8) is 0 Å². The van der Waals surface area contributed by atoms with Crippen LogP contribution >= 0.6 is 0 Å². The summed E-state index contributed by atoms with van der Waals surface area (Å²) in [6.45, 7) is 2.69. The number of piperidine rings is 1. The van der Waals surface area contributed by atoms with Crippen molar-refractivity contribution in [2.75, 3.05) is 13.1 Å². The Labute approximate surface area is 110 Å². The van der Waals surface area contributed by atoms with E-state index in [4.69, 9.17) is 0 Å². The van der Waals surface area contributed by atoms with Crippen LogP contribution < -0.4 is 0 Å². The van der Waals surface area contributed by atoms with Crippen LogP contribution in [0.1, 0.15) is 50.0 Å². The van der Waals surface area contributed by atoms with Gasteiger partial charge in [0.15, 0.2) is 0 Å². The van der Waals surface area contributed by atoms with Crippen LogP contribution in [0, 0.1) is 5.92 Å². The summed E-state index contributed by atoms with van der Waals surface area (Å²) in [4.78, 5) is 2.87. The molecule has 18 heavy (non-hydrogen) atoms. The highest BCUT2D eigenvalue weighted by Gasteiger charge is 2.53. The molecule has 0 aromatic heterocycles. The molecule has 1 aromatic carbocycles. The van der Waals surface area contributed by atoms with Gasteiger partial charge < -0.3 is 0 Å². The lowest BCUT2D eigenvalue weighted by Crippen LogP contribution is -2.50. The van der Waals surface area contributed by atoms with E-state index < -0.39 is 0 Å². The van der Waals surface area contributed by atoms with Crippen molar-refractivity contribution in [3.8, 4) is 0 Å². The van der Waals surface area contributed by atoms with E-state index in [-0.39, 0.29) is 0 Å². The molecule has 1 aliphatic carbocycles. The predicted molar refractivity (Wildman–Crippen MR) is 74.7 cm³/mol. The van der Waals surface area contributed by atoms with Crippen LogP contribution in [0.2, 0.25) is 0 Å². The van der Waals surface area contributed by atoms with E-state index in [0.717, 1.165) is 11.8 Å². The summed E-state index contributed by atoms with van der Waals surface area (Å²) in [5, 5.41) is 0. The first kappa shape index (κ1) is 11.0. The topological polar surface area (TPSA) is 3.24 Å².